The Labute approximate surface area is 215 Å². The summed E-state index contributed by atoms with van der Waals surface area (Å²) in [5.41, 5.74) is 3.37. The van der Waals surface area contributed by atoms with E-state index in [0.29, 0.717) is 23.9 Å². The molecule has 4 aromatic carbocycles. The van der Waals surface area contributed by atoms with Crippen molar-refractivity contribution in [2.24, 2.45) is 0 Å². The second-order valence-electron chi connectivity index (χ2n) is 8.36. The molecule has 1 heterocycles. The van der Waals surface area contributed by atoms with Crippen LogP contribution < -0.4 is 14.8 Å². The van der Waals surface area contributed by atoms with E-state index in [1.165, 1.54) is 0 Å². The number of rotatable bonds is 8. The monoisotopic (exact) mass is 490 g/mol. The Bertz CT molecular complexity index is 1480. The molecule has 7 heteroatoms. The summed E-state index contributed by atoms with van der Waals surface area (Å²) in [5, 5.41) is 7.43. The van der Waals surface area contributed by atoms with Gasteiger partial charge in [0, 0.05) is 11.3 Å². The van der Waals surface area contributed by atoms with Crippen molar-refractivity contribution in [2.75, 3.05) is 11.9 Å². The van der Waals surface area contributed by atoms with Crippen molar-refractivity contribution in [3.8, 4) is 34.3 Å². The number of benzene rings is 4. The molecule has 1 aromatic heterocycles. The fourth-order valence-electron chi connectivity index (χ4n) is 3.75. The smallest absolute Gasteiger partial charge is 0.295 e. The molecule has 5 aromatic rings. The first-order valence-electron chi connectivity index (χ1n) is 12.0. The first-order chi connectivity index (χ1) is 18.1. The summed E-state index contributed by atoms with van der Waals surface area (Å²) in [5.74, 6) is 2.40. The minimum Gasteiger partial charge on any atom is -0.494 e. The molecular formula is C30H26N4O3. The van der Waals surface area contributed by atoms with Gasteiger partial charge in [0.15, 0.2) is 5.82 Å². The highest BCUT2D eigenvalue weighted by Gasteiger charge is 2.19. The Balaban J connectivity index is 1.39. The van der Waals surface area contributed by atoms with E-state index in [0.717, 1.165) is 28.3 Å². The molecule has 0 spiro atoms. The van der Waals surface area contributed by atoms with Crippen molar-refractivity contribution in [3.05, 3.63) is 115 Å². The van der Waals surface area contributed by atoms with Crippen LogP contribution in [0.5, 0.6) is 17.2 Å². The van der Waals surface area contributed by atoms with Gasteiger partial charge < -0.3 is 14.8 Å². The quantitative estimate of drug-likeness (QED) is 0.262. The Kier molecular flexibility index (Phi) is 6.94. The van der Waals surface area contributed by atoms with E-state index in [2.05, 4.69) is 15.4 Å². The molecule has 0 unspecified atom stereocenters. The molecule has 0 aliphatic rings. The fraction of sp³-hybridized carbons (Fsp3) is 0.100. The summed E-state index contributed by atoms with van der Waals surface area (Å²) in [6.07, 6.45) is 0. The SMILES string of the molecule is CCOc1ccc(-n2nc(C(=O)Nc3ccc(Oc4ccccc4)cc3)nc2-c2ccc(C)cc2)cc1. The van der Waals surface area contributed by atoms with Crippen LogP contribution in [0.15, 0.2) is 103 Å². The maximum atomic E-state index is 13.1. The second-order valence-corrected chi connectivity index (χ2v) is 8.36. The number of carbonyl (C=O) groups is 1. The minimum absolute atomic E-state index is 0.0640. The third-order valence-electron chi connectivity index (χ3n) is 5.60. The first kappa shape index (κ1) is 23.8. The van der Waals surface area contributed by atoms with Crippen molar-refractivity contribution < 1.29 is 14.3 Å². The molecule has 5 rings (SSSR count). The number of amides is 1. The molecule has 0 fully saturated rings. The van der Waals surface area contributed by atoms with Gasteiger partial charge in [-0.25, -0.2) is 9.67 Å². The van der Waals surface area contributed by atoms with E-state index < -0.39 is 5.91 Å². The standard InChI is InChI=1S/C30H26N4O3/c1-3-36-25-19-15-24(16-20-25)34-29(22-11-9-21(2)10-12-22)32-28(33-34)30(35)31-23-13-17-27(18-14-23)37-26-7-5-4-6-8-26/h4-20H,3H2,1-2H3,(H,31,35). The lowest BCUT2D eigenvalue weighted by atomic mass is 10.1. The number of nitrogens with zero attached hydrogens (tertiary/aromatic N) is 3. The number of para-hydroxylation sites is 1. The van der Waals surface area contributed by atoms with Gasteiger partial charge >= 0.3 is 0 Å². The molecule has 1 amide bonds. The van der Waals surface area contributed by atoms with Crippen molar-refractivity contribution in [2.45, 2.75) is 13.8 Å². The van der Waals surface area contributed by atoms with Gasteiger partial charge in [-0.05, 0) is 74.5 Å². The van der Waals surface area contributed by atoms with E-state index in [9.17, 15) is 4.79 Å². The topological polar surface area (TPSA) is 78.3 Å². The van der Waals surface area contributed by atoms with Crippen molar-refractivity contribution >= 4 is 11.6 Å². The number of aromatic nitrogens is 3. The lowest BCUT2D eigenvalue weighted by Crippen LogP contribution is -2.14. The molecule has 0 aliphatic carbocycles. The third-order valence-corrected chi connectivity index (χ3v) is 5.60. The maximum Gasteiger partial charge on any atom is 0.295 e. The number of hydrogen-bond acceptors (Lipinski definition) is 5. The summed E-state index contributed by atoms with van der Waals surface area (Å²) in [6.45, 7) is 4.55. The molecule has 0 bridgehead atoms. The molecule has 0 aliphatic heterocycles. The van der Waals surface area contributed by atoms with Crippen molar-refractivity contribution in [3.63, 3.8) is 0 Å². The van der Waals surface area contributed by atoms with Crippen LogP contribution in [0.1, 0.15) is 23.1 Å². The normalized spacial score (nSPS) is 10.6. The zero-order valence-corrected chi connectivity index (χ0v) is 20.6. The van der Waals surface area contributed by atoms with Crippen LogP contribution in [-0.2, 0) is 0 Å². The van der Waals surface area contributed by atoms with Gasteiger partial charge in [-0.15, -0.1) is 5.10 Å². The molecule has 0 radical (unpaired) electrons. The van der Waals surface area contributed by atoms with E-state index in [1.54, 1.807) is 28.9 Å². The molecule has 0 atom stereocenters. The van der Waals surface area contributed by atoms with Crippen LogP contribution in [0.4, 0.5) is 5.69 Å². The highest BCUT2D eigenvalue weighted by atomic mass is 16.5. The Morgan fingerprint density at radius 1 is 0.811 bits per heavy atom. The van der Waals surface area contributed by atoms with E-state index >= 15 is 0 Å². The predicted molar refractivity (Wildman–Crippen MR) is 144 cm³/mol. The number of hydrogen-bond donors (Lipinski definition) is 1. The number of aryl methyl sites for hydroxylation is 1. The van der Waals surface area contributed by atoms with Crippen molar-refractivity contribution in [1.82, 2.24) is 14.8 Å². The fourth-order valence-corrected chi connectivity index (χ4v) is 3.75. The van der Waals surface area contributed by atoms with Gasteiger partial charge in [-0.3, -0.25) is 4.79 Å². The number of ether oxygens (including phenoxy) is 2. The van der Waals surface area contributed by atoms with Gasteiger partial charge in [0.2, 0.25) is 5.82 Å². The predicted octanol–water partition coefficient (Wildman–Crippen LogP) is 6.69. The van der Waals surface area contributed by atoms with E-state index in [1.807, 2.05) is 92.7 Å². The summed E-state index contributed by atoms with van der Waals surface area (Å²) in [7, 11) is 0. The summed E-state index contributed by atoms with van der Waals surface area (Å²) >= 11 is 0. The summed E-state index contributed by atoms with van der Waals surface area (Å²) in [6, 6.07) is 32.2. The van der Waals surface area contributed by atoms with Gasteiger partial charge in [-0.1, -0.05) is 48.0 Å². The number of nitrogens with one attached hydrogen (secondary N) is 1. The zero-order valence-electron chi connectivity index (χ0n) is 20.6. The van der Waals surface area contributed by atoms with Gasteiger partial charge in [0.25, 0.3) is 5.91 Å². The summed E-state index contributed by atoms with van der Waals surface area (Å²) < 4.78 is 13.1. The van der Waals surface area contributed by atoms with Gasteiger partial charge in [0.05, 0.1) is 12.3 Å². The first-order valence-corrected chi connectivity index (χ1v) is 12.0. The molecule has 37 heavy (non-hydrogen) atoms. The lowest BCUT2D eigenvalue weighted by Gasteiger charge is -2.08. The molecular weight excluding hydrogens is 464 g/mol. The second kappa shape index (κ2) is 10.8. The molecule has 1 N–H and O–H groups in total. The Morgan fingerprint density at radius 2 is 1.46 bits per heavy atom. The molecule has 0 saturated carbocycles. The summed E-state index contributed by atoms with van der Waals surface area (Å²) in [4.78, 5) is 17.7. The van der Waals surface area contributed by atoms with Crippen LogP contribution in [0.2, 0.25) is 0 Å². The Morgan fingerprint density at radius 3 is 2.14 bits per heavy atom. The molecule has 0 saturated heterocycles. The van der Waals surface area contributed by atoms with Gasteiger partial charge in [-0.2, -0.15) is 0 Å². The largest absolute Gasteiger partial charge is 0.494 e. The molecule has 7 nitrogen and oxygen atoms in total. The average molecular weight is 491 g/mol. The minimum atomic E-state index is -0.408. The van der Waals surface area contributed by atoms with Crippen LogP contribution in [-0.4, -0.2) is 27.3 Å². The maximum absolute atomic E-state index is 13.1. The van der Waals surface area contributed by atoms with Gasteiger partial charge in [0.1, 0.15) is 17.2 Å². The average Bonchev–Trinajstić information content (AvgIpc) is 3.37. The third kappa shape index (κ3) is 5.67. The highest BCUT2D eigenvalue weighted by molar-refractivity contribution is 6.01. The lowest BCUT2D eigenvalue weighted by molar-refractivity contribution is 0.101. The zero-order chi connectivity index (χ0) is 25.6. The van der Waals surface area contributed by atoms with Crippen LogP contribution >= 0.6 is 0 Å². The number of carbonyl (C=O) groups excluding carboxylic acids is 1. The van der Waals surface area contributed by atoms with E-state index in [4.69, 9.17) is 9.47 Å². The van der Waals surface area contributed by atoms with Crippen LogP contribution in [0, 0.1) is 6.92 Å². The van der Waals surface area contributed by atoms with Crippen LogP contribution in [0.3, 0.4) is 0 Å². The highest BCUT2D eigenvalue weighted by Crippen LogP contribution is 2.25. The van der Waals surface area contributed by atoms with Crippen LogP contribution in [0.25, 0.3) is 17.1 Å². The van der Waals surface area contributed by atoms with Crippen molar-refractivity contribution in [1.29, 1.82) is 0 Å². The van der Waals surface area contributed by atoms with E-state index in [-0.39, 0.29) is 5.82 Å². The Hall–Kier alpha value is -4.91. The number of anilines is 1. The molecule has 184 valence electrons.